The second-order valence-electron chi connectivity index (χ2n) is 8.00. The summed E-state index contributed by atoms with van der Waals surface area (Å²) in [7, 11) is 0. The van der Waals surface area contributed by atoms with Crippen LogP contribution in [0.5, 0.6) is 0 Å². The Kier molecular flexibility index (Phi) is 11.0. The number of halogens is 1. The van der Waals surface area contributed by atoms with E-state index in [4.69, 9.17) is 10.1 Å². The zero-order valence-corrected chi connectivity index (χ0v) is 20.9. The molecule has 5 nitrogen and oxygen atoms in total. The fourth-order valence-electron chi connectivity index (χ4n) is 3.86. The summed E-state index contributed by atoms with van der Waals surface area (Å²) in [5, 5.41) is 29.9. The first-order valence-corrected chi connectivity index (χ1v) is 12.4. The van der Waals surface area contributed by atoms with Gasteiger partial charge >= 0.3 is 5.97 Å². The molecule has 1 aliphatic rings. The highest BCUT2D eigenvalue weighted by molar-refractivity contribution is 5.99. The smallest absolute Gasteiger partial charge is 0.305 e. The molecule has 3 N–H and O–H groups in total. The number of fused-ring (bicyclic) bond motifs is 1. The van der Waals surface area contributed by atoms with Crippen LogP contribution in [0.15, 0.2) is 54.6 Å². The highest BCUT2D eigenvalue weighted by atomic mass is 19.1. The summed E-state index contributed by atoms with van der Waals surface area (Å²) in [4.78, 5) is 15.6. The van der Waals surface area contributed by atoms with Gasteiger partial charge in [-0.05, 0) is 36.6 Å². The molecule has 3 aromatic rings. The lowest BCUT2D eigenvalue weighted by Gasteiger charge is -2.16. The normalized spacial score (nSPS) is 14.5. The first kappa shape index (κ1) is 28.1. The summed E-state index contributed by atoms with van der Waals surface area (Å²) in [6.45, 7) is 8.00. The highest BCUT2D eigenvalue weighted by Gasteiger charge is 2.29. The topological polar surface area (TPSA) is 90.7 Å². The number of benzene rings is 2. The van der Waals surface area contributed by atoms with E-state index in [2.05, 4.69) is 0 Å². The zero-order chi connectivity index (χ0) is 26.0. The molecule has 0 spiro atoms. The second kappa shape index (κ2) is 13.7. The molecular formula is C29H36FNO4. The Morgan fingerprint density at radius 3 is 2.29 bits per heavy atom. The number of carbonyl (C=O) groups is 1. The summed E-state index contributed by atoms with van der Waals surface area (Å²) in [6, 6.07) is 14.1. The number of carboxylic acids is 1. The molecule has 0 saturated heterocycles. The van der Waals surface area contributed by atoms with Crippen molar-refractivity contribution in [3.05, 3.63) is 71.7 Å². The summed E-state index contributed by atoms with van der Waals surface area (Å²) >= 11 is 0. The molecular weight excluding hydrogens is 445 g/mol. The Hall–Kier alpha value is -3.09. The van der Waals surface area contributed by atoms with E-state index in [1.54, 1.807) is 24.3 Å². The Morgan fingerprint density at radius 2 is 1.69 bits per heavy atom. The predicted octanol–water partition coefficient (Wildman–Crippen LogP) is 6.57. The van der Waals surface area contributed by atoms with E-state index in [0.29, 0.717) is 5.92 Å². The van der Waals surface area contributed by atoms with Gasteiger partial charge in [-0.1, -0.05) is 70.2 Å². The van der Waals surface area contributed by atoms with Crippen molar-refractivity contribution in [2.75, 3.05) is 0 Å². The maximum Gasteiger partial charge on any atom is 0.305 e. The van der Waals surface area contributed by atoms with Crippen molar-refractivity contribution in [2.45, 2.75) is 71.5 Å². The molecule has 0 aliphatic heterocycles. The largest absolute Gasteiger partial charge is 0.481 e. The maximum atomic E-state index is 13.6. The van der Waals surface area contributed by atoms with Gasteiger partial charge in [0.2, 0.25) is 0 Å². The van der Waals surface area contributed by atoms with Crippen molar-refractivity contribution in [3.8, 4) is 11.1 Å². The van der Waals surface area contributed by atoms with Gasteiger partial charge in [-0.25, -0.2) is 4.39 Å². The van der Waals surface area contributed by atoms with Crippen molar-refractivity contribution >= 4 is 22.9 Å². The number of aromatic nitrogens is 1. The molecule has 2 aromatic carbocycles. The molecule has 2 unspecified atom stereocenters. The Balaban J connectivity index is 0.00000103. The van der Waals surface area contributed by atoms with Crippen molar-refractivity contribution in [1.29, 1.82) is 0 Å². The molecule has 0 radical (unpaired) electrons. The Morgan fingerprint density at radius 1 is 1.06 bits per heavy atom. The number of pyridine rings is 1. The average molecular weight is 482 g/mol. The number of aliphatic carboxylic acids is 1. The van der Waals surface area contributed by atoms with E-state index in [1.165, 1.54) is 12.1 Å². The van der Waals surface area contributed by atoms with Gasteiger partial charge in [0, 0.05) is 28.9 Å². The zero-order valence-electron chi connectivity index (χ0n) is 20.9. The number of para-hydroxylation sites is 1. The van der Waals surface area contributed by atoms with Crippen LogP contribution in [0.25, 0.3) is 28.1 Å². The summed E-state index contributed by atoms with van der Waals surface area (Å²) in [5.74, 6) is -1.10. The van der Waals surface area contributed by atoms with Gasteiger partial charge in [0.25, 0.3) is 0 Å². The number of hydrogen-bond acceptors (Lipinski definition) is 4. The number of rotatable bonds is 8. The van der Waals surface area contributed by atoms with E-state index >= 15 is 0 Å². The van der Waals surface area contributed by atoms with Crippen LogP contribution in [-0.4, -0.2) is 38.5 Å². The van der Waals surface area contributed by atoms with Crippen LogP contribution < -0.4 is 0 Å². The van der Waals surface area contributed by atoms with Crippen molar-refractivity contribution in [2.24, 2.45) is 0 Å². The second-order valence-corrected chi connectivity index (χ2v) is 8.00. The number of carboxylic acid groups (broad SMARTS) is 1. The van der Waals surface area contributed by atoms with E-state index in [9.17, 15) is 19.4 Å². The van der Waals surface area contributed by atoms with Crippen LogP contribution >= 0.6 is 0 Å². The third kappa shape index (κ3) is 7.70. The minimum Gasteiger partial charge on any atom is -0.481 e. The first-order valence-electron chi connectivity index (χ1n) is 12.4. The summed E-state index contributed by atoms with van der Waals surface area (Å²) in [5.41, 5.74) is 4.43. The molecule has 2 atom stereocenters. The van der Waals surface area contributed by atoms with Crippen LogP contribution in [0.3, 0.4) is 0 Å². The van der Waals surface area contributed by atoms with Gasteiger partial charge < -0.3 is 15.3 Å². The minimum absolute atomic E-state index is 0.0749. The predicted molar refractivity (Wildman–Crippen MR) is 140 cm³/mol. The Bertz CT molecular complexity index is 1120. The number of aliphatic hydroxyl groups excluding tert-OH is 2. The van der Waals surface area contributed by atoms with E-state index in [1.807, 2.05) is 52.0 Å². The van der Waals surface area contributed by atoms with Gasteiger partial charge in [-0.2, -0.15) is 0 Å². The third-order valence-corrected chi connectivity index (χ3v) is 5.47. The first-order chi connectivity index (χ1) is 16.9. The quantitative estimate of drug-likeness (QED) is 0.338. The minimum atomic E-state index is -1.13. The monoisotopic (exact) mass is 481 g/mol. The molecule has 0 amide bonds. The molecule has 188 valence electrons. The van der Waals surface area contributed by atoms with E-state index in [-0.39, 0.29) is 12.2 Å². The van der Waals surface area contributed by atoms with Gasteiger partial charge in [0.05, 0.1) is 29.8 Å². The average Bonchev–Trinajstić information content (AvgIpc) is 3.70. The van der Waals surface area contributed by atoms with Crippen molar-refractivity contribution in [3.63, 3.8) is 0 Å². The lowest BCUT2D eigenvalue weighted by Crippen LogP contribution is -2.19. The lowest BCUT2D eigenvalue weighted by atomic mass is 9.92. The summed E-state index contributed by atoms with van der Waals surface area (Å²) < 4.78 is 13.6. The summed E-state index contributed by atoms with van der Waals surface area (Å²) in [6.07, 6.45) is 2.80. The molecule has 6 heteroatoms. The maximum absolute atomic E-state index is 13.6. The van der Waals surface area contributed by atoms with Gasteiger partial charge in [-0.3, -0.25) is 9.78 Å². The lowest BCUT2D eigenvalue weighted by molar-refractivity contribution is -0.139. The Labute approximate surface area is 207 Å². The van der Waals surface area contributed by atoms with Crippen LogP contribution in [0.4, 0.5) is 4.39 Å². The molecule has 4 rings (SSSR count). The van der Waals surface area contributed by atoms with Crippen LogP contribution in [0.2, 0.25) is 0 Å². The van der Waals surface area contributed by atoms with Crippen LogP contribution in [0.1, 0.15) is 70.6 Å². The molecule has 1 fully saturated rings. The highest BCUT2D eigenvalue weighted by Crippen LogP contribution is 2.45. The number of aliphatic hydroxyl groups is 2. The van der Waals surface area contributed by atoms with Crippen LogP contribution in [-0.2, 0) is 4.79 Å². The molecule has 1 heterocycles. The van der Waals surface area contributed by atoms with E-state index in [0.717, 1.165) is 46.1 Å². The molecule has 35 heavy (non-hydrogen) atoms. The number of hydrogen-bond donors (Lipinski definition) is 3. The third-order valence-electron chi connectivity index (χ3n) is 5.47. The number of nitrogens with zero attached hydrogens (tertiary/aromatic N) is 1. The van der Waals surface area contributed by atoms with Gasteiger partial charge in [-0.15, -0.1) is 0 Å². The molecule has 1 aromatic heterocycles. The SMILES string of the molecule is CC.CC.O=C(O)CC(O)CC(O)/C=C/c1c(C2CC2)nc2ccccc2c1-c1ccc(F)cc1. The van der Waals surface area contributed by atoms with Crippen molar-refractivity contribution < 1.29 is 24.5 Å². The molecule has 1 aliphatic carbocycles. The fourth-order valence-corrected chi connectivity index (χ4v) is 3.86. The van der Waals surface area contributed by atoms with Gasteiger partial charge in [0.15, 0.2) is 0 Å². The van der Waals surface area contributed by atoms with Crippen LogP contribution in [0, 0.1) is 5.82 Å². The van der Waals surface area contributed by atoms with E-state index < -0.39 is 24.6 Å². The molecule has 1 saturated carbocycles. The molecule has 0 bridgehead atoms. The van der Waals surface area contributed by atoms with Crippen molar-refractivity contribution in [1.82, 2.24) is 4.98 Å². The van der Waals surface area contributed by atoms with Gasteiger partial charge in [0.1, 0.15) is 5.82 Å². The standard InChI is InChI=1S/C25H24FNO4.2C2H6/c26-17-9-7-15(8-10-17)24-20-3-1-2-4-22(20)27-25(16-5-6-16)21(24)12-11-18(28)13-19(29)14-23(30)31;2*1-2/h1-4,7-12,16,18-19,28-29H,5-6,13-14H2,(H,30,31);2*1-2H3/b12-11+;;. The fraction of sp³-hybridized carbons (Fsp3) is 0.379.